The Morgan fingerprint density at radius 2 is 1.86 bits per heavy atom. The van der Waals surface area contributed by atoms with Gasteiger partial charge in [0.2, 0.25) is 0 Å². The molecule has 0 aliphatic carbocycles. The van der Waals surface area contributed by atoms with Gasteiger partial charge in [-0.2, -0.15) is 10.5 Å². The van der Waals surface area contributed by atoms with Gasteiger partial charge in [-0.25, -0.2) is 4.39 Å². The number of rotatable bonds is 0. The largest absolute Gasteiger partial charge is 0.206 e. The van der Waals surface area contributed by atoms with E-state index >= 15 is 0 Å². The van der Waals surface area contributed by atoms with Gasteiger partial charge in [0, 0.05) is 10.8 Å². The summed E-state index contributed by atoms with van der Waals surface area (Å²) in [6, 6.07) is 6.51. The van der Waals surface area contributed by atoms with Crippen molar-refractivity contribution in [3.05, 3.63) is 34.5 Å². The average molecular weight is 202 g/mol. The molecule has 2 nitrogen and oxygen atoms in total. The molecule has 0 fully saturated rings. The molecule has 1 heterocycles. The summed E-state index contributed by atoms with van der Waals surface area (Å²) in [5.41, 5.74) is 0.701. The van der Waals surface area contributed by atoms with Crippen LogP contribution in [-0.2, 0) is 0 Å². The lowest BCUT2D eigenvalue weighted by Gasteiger charge is -1.94. The van der Waals surface area contributed by atoms with E-state index < -0.39 is 5.82 Å². The second kappa shape index (κ2) is 3.10. The van der Waals surface area contributed by atoms with Crippen LogP contribution in [0.2, 0.25) is 0 Å². The van der Waals surface area contributed by atoms with Crippen LogP contribution >= 0.6 is 11.3 Å². The van der Waals surface area contributed by atoms with Gasteiger partial charge >= 0.3 is 0 Å². The summed E-state index contributed by atoms with van der Waals surface area (Å²) in [6.07, 6.45) is 0. The third-order valence-electron chi connectivity index (χ3n) is 1.91. The van der Waals surface area contributed by atoms with Gasteiger partial charge in [0.15, 0.2) is 0 Å². The molecule has 1 aromatic carbocycles. The molecule has 0 saturated carbocycles. The van der Waals surface area contributed by atoms with E-state index in [4.69, 9.17) is 10.5 Å². The number of halogens is 1. The predicted octanol–water partition coefficient (Wildman–Crippen LogP) is 2.78. The molecule has 0 saturated heterocycles. The van der Waals surface area contributed by atoms with Gasteiger partial charge < -0.3 is 0 Å². The van der Waals surface area contributed by atoms with Crippen molar-refractivity contribution >= 4 is 21.4 Å². The zero-order valence-corrected chi connectivity index (χ0v) is 7.73. The van der Waals surface area contributed by atoms with Crippen LogP contribution in [0.5, 0.6) is 0 Å². The lowest BCUT2D eigenvalue weighted by molar-refractivity contribution is 0.640. The Labute approximate surface area is 83.4 Å². The first-order chi connectivity index (χ1) is 6.77. The maximum Gasteiger partial charge on any atom is 0.133 e. The molecule has 4 heteroatoms. The number of thiophene rings is 1. The Bertz CT molecular complexity index is 586. The summed E-state index contributed by atoms with van der Waals surface area (Å²) >= 11 is 1.22. The number of hydrogen-bond donors (Lipinski definition) is 0. The molecule has 0 bridgehead atoms. The van der Waals surface area contributed by atoms with Crippen LogP contribution in [0.1, 0.15) is 11.1 Å². The van der Waals surface area contributed by atoms with Crippen molar-refractivity contribution in [2.75, 3.05) is 0 Å². The molecular formula is C10H3FN2S. The summed E-state index contributed by atoms with van der Waals surface area (Å²) in [4.78, 5) is 0. The first-order valence-electron chi connectivity index (χ1n) is 3.78. The molecule has 0 spiro atoms. The molecule has 0 N–H and O–H groups in total. The van der Waals surface area contributed by atoms with E-state index in [2.05, 4.69) is 0 Å². The Hall–Kier alpha value is -1.91. The molecule has 0 atom stereocenters. The Balaban J connectivity index is 2.98. The van der Waals surface area contributed by atoms with Crippen molar-refractivity contribution in [1.29, 1.82) is 10.5 Å². The number of fused-ring (bicyclic) bond motifs is 1. The maximum atomic E-state index is 13.3. The van der Waals surface area contributed by atoms with E-state index in [1.807, 2.05) is 12.1 Å². The minimum absolute atomic E-state index is 0.261. The van der Waals surface area contributed by atoms with Gasteiger partial charge in [0.05, 0.1) is 15.8 Å². The first-order valence-corrected chi connectivity index (χ1v) is 4.66. The highest BCUT2D eigenvalue weighted by atomic mass is 32.1. The van der Waals surface area contributed by atoms with Crippen LogP contribution in [0.3, 0.4) is 0 Å². The van der Waals surface area contributed by atoms with Gasteiger partial charge in [0.1, 0.15) is 18.0 Å². The Morgan fingerprint density at radius 3 is 2.50 bits per heavy atom. The molecule has 14 heavy (non-hydrogen) atoms. The van der Waals surface area contributed by atoms with E-state index in [1.165, 1.54) is 23.5 Å². The fourth-order valence-corrected chi connectivity index (χ4v) is 2.25. The number of benzene rings is 1. The summed E-state index contributed by atoms with van der Waals surface area (Å²) in [7, 11) is 0. The minimum Gasteiger partial charge on any atom is -0.206 e. The topological polar surface area (TPSA) is 47.6 Å². The van der Waals surface area contributed by atoms with Crippen molar-refractivity contribution in [2.45, 2.75) is 0 Å². The van der Waals surface area contributed by atoms with Crippen molar-refractivity contribution in [2.24, 2.45) is 0 Å². The SMILES string of the molecule is N#Cc1ccc(F)c2c(C#N)csc12. The van der Waals surface area contributed by atoms with Gasteiger partial charge in [0.25, 0.3) is 0 Å². The molecule has 0 aliphatic heterocycles. The van der Waals surface area contributed by atoms with Crippen molar-refractivity contribution in [3.8, 4) is 12.1 Å². The van der Waals surface area contributed by atoms with E-state index in [0.29, 0.717) is 15.8 Å². The van der Waals surface area contributed by atoms with Crippen LogP contribution in [0.25, 0.3) is 10.1 Å². The molecule has 66 valence electrons. The second-order valence-corrected chi connectivity index (χ2v) is 3.55. The smallest absolute Gasteiger partial charge is 0.133 e. The summed E-state index contributed by atoms with van der Waals surface area (Å²) < 4.78 is 13.9. The Morgan fingerprint density at radius 1 is 1.14 bits per heavy atom. The van der Waals surface area contributed by atoms with Crippen molar-refractivity contribution in [3.63, 3.8) is 0 Å². The third-order valence-corrected chi connectivity index (χ3v) is 2.93. The van der Waals surface area contributed by atoms with E-state index in [0.717, 1.165) is 0 Å². The second-order valence-electron chi connectivity index (χ2n) is 2.67. The van der Waals surface area contributed by atoms with Crippen LogP contribution < -0.4 is 0 Å². The molecule has 2 rings (SSSR count). The number of nitrogens with zero attached hydrogens (tertiary/aromatic N) is 2. The van der Waals surface area contributed by atoms with Crippen molar-refractivity contribution in [1.82, 2.24) is 0 Å². The van der Waals surface area contributed by atoms with E-state index in [9.17, 15) is 4.39 Å². The number of hydrogen-bond acceptors (Lipinski definition) is 3. The zero-order valence-electron chi connectivity index (χ0n) is 6.91. The predicted molar refractivity (Wildman–Crippen MR) is 51.2 cm³/mol. The quantitative estimate of drug-likeness (QED) is 0.659. The highest BCUT2D eigenvalue weighted by Gasteiger charge is 2.11. The minimum atomic E-state index is -0.447. The lowest BCUT2D eigenvalue weighted by atomic mass is 10.1. The lowest BCUT2D eigenvalue weighted by Crippen LogP contribution is -1.81. The summed E-state index contributed by atoms with van der Waals surface area (Å²) in [5, 5.41) is 19.3. The van der Waals surface area contributed by atoms with Crippen molar-refractivity contribution < 1.29 is 4.39 Å². The highest BCUT2D eigenvalue weighted by molar-refractivity contribution is 7.17. The van der Waals surface area contributed by atoms with Crippen LogP contribution in [0.4, 0.5) is 4.39 Å². The molecular weight excluding hydrogens is 199 g/mol. The van der Waals surface area contributed by atoms with E-state index in [-0.39, 0.29) is 5.39 Å². The fraction of sp³-hybridized carbons (Fsp3) is 0. The zero-order chi connectivity index (χ0) is 10.1. The van der Waals surface area contributed by atoms with Crippen LogP contribution in [-0.4, -0.2) is 0 Å². The highest BCUT2D eigenvalue weighted by Crippen LogP contribution is 2.30. The third kappa shape index (κ3) is 1.06. The van der Waals surface area contributed by atoms with Gasteiger partial charge in [-0.1, -0.05) is 0 Å². The maximum absolute atomic E-state index is 13.3. The first kappa shape index (κ1) is 8.68. The molecule has 0 unspecified atom stereocenters. The fourth-order valence-electron chi connectivity index (χ4n) is 1.28. The monoisotopic (exact) mass is 202 g/mol. The van der Waals surface area contributed by atoms with Crippen LogP contribution in [0, 0.1) is 28.5 Å². The Kier molecular flexibility index (Phi) is 1.92. The normalized spacial score (nSPS) is 9.64. The molecule has 0 amide bonds. The van der Waals surface area contributed by atoms with Gasteiger partial charge in [-0.15, -0.1) is 11.3 Å². The molecule has 0 radical (unpaired) electrons. The number of nitriles is 2. The summed E-state index contributed by atoms with van der Waals surface area (Å²) in [5.74, 6) is -0.447. The standard InChI is InChI=1S/C10H3FN2S/c11-8-2-1-6(3-12)10-9(8)7(4-13)5-14-10/h1-2,5H. The molecule has 0 aliphatic rings. The average Bonchev–Trinajstić information content (AvgIpc) is 2.63. The van der Waals surface area contributed by atoms with Gasteiger partial charge in [-0.05, 0) is 12.1 Å². The molecule has 2 aromatic rings. The summed E-state index contributed by atoms with van der Waals surface area (Å²) in [6.45, 7) is 0. The van der Waals surface area contributed by atoms with Gasteiger partial charge in [-0.3, -0.25) is 0 Å². The van der Waals surface area contributed by atoms with E-state index in [1.54, 1.807) is 5.38 Å². The molecule has 1 aromatic heterocycles. The van der Waals surface area contributed by atoms with Crippen LogP contribution in [0.15, 0.2) is 17.5 Å².